The first-order chi connectivity index (χ1) is 12.2. The van der Waals surface area contributed by atoms with E-state index in [1.165, 1.54) is 0 Å². The van der Waals surface area contributed by atoms with Gasteiger partial charge in [-0.3, -0.25) is 4.79 Å². The van der Waals surface area contributed by atoms with Gasteiger partial charge in [-0.1, -0.05) is 11.6 Å². The van der Waals surface area contributed by atoms with Crippen LogP contribution in [0.4, 0.5) is 0 Å². The number of ether oxygens (including phenoxy) is 3. The summed E-state index contributed by atoms with van der Waals surface area (Å²) in [5.74, 6) is 2.11. The van der Waals surface area contributed by atoms with Crippen LogP contribution >= 0.6 is 11.6 Å². The molecule has 2 aromatic carbocycles. The van der Waals surface area contributed by atoms with E-state index >= 15 is 0 Å². The summed E-state index contributed by atoms with van der Waals surface area (Å²) >= 11 is 5.96. The quantitative estimate of drug-likeness (QED) is 0.769. The van der Waals surface area contributed by atoms with Crippen molar-refractivity contribution in [1.29, 1.82) is 0 Å². The Morgan fingerprint density at radius 1 is 1.20 bits per heavy atom. The Labute approximate surface area is 151 Å². The maximum atomic E-state index is 12.2. The number of hydrogen-bond donors (Lipinski definition) is 1. The van der Waals surface area contributed by atoms with Gasteiger partial charge in [-0.15, -0.1) is 0 Å². The fourth-order valence-corrected chi connectivity index (χ4v) is 2.81. The first-order valence-corrected chi connectivity index (χ1v) is 8.62. The normalized spacial score (nSPS) is 15.2. The first kappa shape index (κ1) is 17.4. The molecule has 0 radical (unpaired) electrons. The van der Waals surface area contributed by atoms with Crippen LogP contribution in [0.5, 0.6) is 17.2 Å². The lowest BCUT2D eigenvalue weighted by Gasteiger charge is -2.12. The zero-order valence-electron chi connectivity index (χ0n) is 14.0. The van der Waals surface area contributed by atoms with E-state index in [2.05, 4.69) is 5.32 Å². The van der Waals surface area contributed by atoms with Crippen LogP contribution in [-0.4, -0.2) is 31.8 Å². The second-order valence-corrected chi connectivity index (χ2v) is 6.04. The molecule has 1 N–H and O–H groups in total. The van der Waals surface area contributed by atoms with Crippen molar-refractivity contribution in [2.24, 2.45) is 0 Å². The van der Waals surface area contributed by atoms with E-state index in [4.69, 9.17) is 25.8 Å². The number of benzene rings is 2. The zero-order chi connectivity index (χ0) is 17.6. The molecule has 2 aromatic rings. The van der Waals surface area contributed by atoms with Crippen LogP contribution < -0.4 is 19.5 Å². The number of carbonyl (C=O) groups excluding carboxylic acids is 1. The SMILES string of the molecule is CCOc1ccc(OCCNC(=O)C2Cc3cc(Cl)ccc3O2)cc1. The summed E-state index contributed by atoms with van der Waals surface area (Å²) < 4.78 is 16.6. The van der Waals surface area contributed by atoms with Gasteiger partial charge in [0.25, 0.3) is 5.91 Å². The van der Waals surface area contributed by atoms with Gasteiger partial charge in [0, 0.05) is 11.4 Å². The summed E-state index contributed by atoms with van der Waals surface area (Å²) in [5, 5.41) is 3.47. The summed E-state index contributed by atoms with van der Waals surface area (Å²) in [6.45, 7) is 3.36. The van der Waals surface area contributed by atoms with E-state index in [1.807, 2.05) is 37.3 Å². The summed E-state index contributed by atoms with van der Waals surface area (Å²) in [4.78, 5) is 12.2. The Morgan fingerprint density at radius 3 is 2.64 bits per heavy atom. The zero-order valence-corrected chi connectivity index (χ0v) is 14.7. The van der Waals surface area contributed by atoms with Gasteiger partial charge in [0.1, 0.15) is 23.9 Å². The van der Waals surface area contributed by atoms with Crippen molar-refractivity contribution in [3.63, 3.8) is 0 Å². The largest absolute Gasteiger partial charge is 0.494 e. The lowest BCUT2D eigenvalue weighted by atomic mass is 10.1. The first-order valence-electron chi connectivity index (χ1n) is 8.24. The average molecular weight is 362 g/mol. The summed E-state index contributed by atoms with van der Waals surface area (Å²) in [6, 6.07) is 12.8. The molecular formula is C19H20ClNO4. The Kier molecular flexibility index (Phi) is 5.66. The van der Waals surface area contributed by atoms with Crippen molar-refractivity contribution < 1.29 is 19.0 Å². The highest BCUT2D eigenvalue weighted by atomic mass is 35.5. The number of amides is 1. The standard InChI is InChI=1S/C19H20ClNO4/c1-2-23-15-4-6-16(7-5-15)24-10-9-21-19(22)18-12-13-11-14(20)3-8-17(13)25-18/h3-8,11,18H,2,9-10,12H2,1H3,(H,21,22). The minimum atomic E-state index is -0.515. The molecule has 3 rings (SSSR count). The van der Waals surface area contributed by atoms with Crippen LogP contribution in [0.3, 0.4) is 0 Å². The molecule has 1 heterocycles. The number of halogens is 1. The average Bonchev–Trinajstić information content (AvgIpc) is 3.03. The van der Waals surface area contributed by atoms with E-state index in [1.54, 1.807) is 12.1 Å². The predicted octanol–water partition coefficient (Wildman–Crippen LogP) is 3.24. The molecule has 0 saturated carbocycles. The molecule has 0 spiro atoms. The number of carbonyl (C=O) groups is 1. The molecule has 1 aliphatic heterocycles. The maximum Gasteiger partial charge on any atom is 0.261 e. The van der Waals surface area contributed by atoms with Gasteiger partial charge in [0.15, 0.2) is 6.10 Å². The molecular weight excluding hydrogens is 342 g/mol. The number of hydrogen-bond acceptors (Lipinski definition) is 4. The Bertz CT molecular complexity index is 733. The number of fused-ring (bicyclic) bond motifs is 1. The predicted molar refractivity (Wildman–Crippen MR) is 95.7 cm³/mol. The monoisotopic (exact) mass is 361 g/mol. The van der Waals surface area contributed by atoms with E-state index in [9.17, 15) is 4.79 Å². The minimum Gasteiger partial charge on any atom is -0.494 e. The molecule has 5 nitrogen and oxygen atoms in total. The van der Waals surface area contributed by atoms with Crippen molar-refractivity contribution in [1.82, 2.24) is 5.32 Å². The van der Waals surface area contributed by atoms with Crippen molar-refractivity contribution in [2.75, 3.05) is 19.8 Å². The topological polar surface area (TPSA) is 56.8 Å². The van der Waals surface area contributed by atoms with Crippen LogP contribution in [0.15, 0.2) is 42.5 Å². The van der Waals surface area contributed by atoms with Crippen LogP contribution in [-0.2, 0) is 11.2 Å². The third-order valence-corrected chi connectivity index (χ3v) is 4.03. The maximum absolute atomic E-state index is 12.2. The van der Waals surface area contributed by atoms with Gasteiger partial charge < -0.3 is 19.5 Å². The van der Waals surface area contributed by atoms with Crippen molar-refractivity contribution >= 4 is 17.5 Å². The second kappa shape index (κ2) is 8.12. The Hall–Kier alpha value is -2.40. The van der Waals surface area contributed by atoms with Crippen molar-refractivity contribution in [3.05, 3.63) is 53.1 Å². The number of rotatable bonds is 7. The highest BCUT2D eigenvalue weighted by Crippen LogP contribution is 2.31. The van der Waals surface area contributed by atoms with Gasteiger partial charge in [-0.25, -0.2) is 0 Å². The fourth-order valence-electron chi connectivity index (χ4n) is 2.62. The second-order valence-electron chi connectivity index (χ2n) is 5.61. The van der Waals surface area contributed by atoms with E-state index < -0.39 is 6.10 Å². The van der Waals surface area contributed by atoms with Gasteiger partial charge in [-0.2, -0.15) is 0 Å². The van der Waals surface area contributed by atoms with Gasteiger partial charge >= 0.3 is 0 Å². The molecule has 25 heavy (non-hydrogen) atoms. The lowest BCUT2D eigenvalue weighted by molar-refractivity contribution is -0.127. The molecule has 1 aliphatic rings. The van der Waals surface area contributed by atoms with Gasteiger partial charge in [-0.05, 0) is 55.0 Å². The van der Waals surface area contributed by atoms with Crippen LogP contribution in [0.2, 0.25) is 5.02 Å². The molecule has 1 unspecified atom stereocenters. The van der Waals surface area contributed by atoms with Gasteiger partial charge in [0.05, 0.1) is 13.2 Å². The molecule has 0 fully saturated rings. The summed E-state index contributed by atoms with van der Waals surface area (Å²) in [5.41, 5.74) is 0.957. The molecule has 132 valence electrons. The van der Waals surface area contributed by atoms with E-state index in [0.29, 0.717) is 31.2 Å². The van der Waals surface area contributed by atoms with Crippen molar-refractivity contribution in [3.8, 4) is 17.2 Å². The molecule has 0 aliphatic carbocycles. The number of nitrogens with one attached hydrogen (secondary N) is 1. The molecule has 6 heteroatoms. The summed E-state index contributed by atoms with van der Waals surface area (Å²) in [7, 11) is 0. The minimum absolute atomic E-state index is 0.150. The van der Waals surface area contributed by atoms with Crippen LogP contribution in [0.25, 0.3) is 0 Å². The molecule has 1 amide bonds. The fraction of sp³-hybridized carbons (Fsp3) is 0.316. The molecule has 1 atom stereocenters. The van der Waals surface area contributed by atoms with Crippen LogP contribution in [0.1, 0.15) is 12.5 Å². The highest BCUT2D eigenvalue weighted by Gasteiger charge is 2.28. The third kappa shape index (κ3) is 4.57. The molecule has 0 aromatic heterocycles. The summed E-state index contributed by atoms with van der Waals surface area (Å²) in [6.07, 6.45) is 0.0144. The van der Waals surface area contributed by atoms with Crippen LogP contribution in [0, 0.1) is 0 Å². The third-order valence-electron chi connectivity index (χ3n) is 3.79. The lowest BCUT2D eigenvalue weighted by Crippen LogP contribution is -2.39. The smallest absolute Gasteiger partial charge is 0.261 e. The van der Waals surface area contributed by atoms with Crippen molar-refractivity contribution in [2.45, 2.75) is 19.4 Å². The Balaban J connectivity index is 1.40. The highest BCUT2D eigenvalue weighted by molar-refractivity contribution is 6.30. The van der Waals surface area contributed by atoms with E-state index in [0.717, 1.165) is 22.8 Å². The Morgan fingerprint density at radius 2 is 1.92 bits per heavy atom. The van der Waals surface area contributed by atoms with Gasteiger partial charge in [0.2, 0.25) is 0 Å². The molecule has 0 saturated heterocycles. The molecule has 0 bridgehead atoms. The van der Waals surface area contributed by atoms with E-state index in [-0.39, 0.29) is 5.91 Å².